The predicted molar refractivity (Wildman–Crippen MR) is 108 cm³/mol. The van der Waals surface area contributed by atoms with Gasteiger partial charge in [0.1, 0.15) is 0 Å². The van der Waals surface area contributed by atoms with Crippen LogP contribution in [-0.2, 0) is 19.1 Å². The zero-order valence-electron chi connectivity index (χ0n) is 17.1. The van der Waals surface area contributed by atoms with Crippen LogP contribution >= 0.6 is 0 Å². The Bertz CT molecular complexity index is 765. The summed E-state index contributed by atoms with van der Waals surface area (Å²) in [5.74, 6) is 0.458. The van der Waals surface area contributed by atoms with E-state index >= 15 is 0 Å². The SMILES string of the molecule is CC(=O)OC1CCC2(C)CCC3C(OC(=O)C3(C)[Se]c3ccccc3)C2C1C. The molecule has 4 nitrogen and oxygen atoms in total. The van der Waals surface area contributed by atoms with Crippen molar-refractivity contribution in [3.8, 4) is 0 Å². The molecular weight excluding hydrogens is 419 g/mol. The third-order valence-corrected chi connectivity index (χ3v) is 10.4. The number of hydrogen-bond donors (Lipinski definition) is 0. The number of rotatable bonds is 3. The molecular formula is C23H30O4Se. The molecule has 0 N–H and O–H groups in total. The minimum absolute atomic E-state index is 0.0302. The monoisotopic (exact) mass is 450 g/mol. The molecule has 0 aromatic heterocycles. The Morgan fingerprint density at radius 1 is 1.18 bits per heavy atom. The van der Waals surface area contributed by atoms with E-state index in [4.69, 9.17) is 9.47 Å². The zero-order valence-corrected chi connectivity index (χ0v) is 18.9. The Hall–Kier alpha value is -1.32. The normalized spacial score (nSPS) is 42.3. The molecule has 1 aliphatic heterocycles. The van der Waals surface area contributed by atoms with Crippen molar-refractivity contribution in [2.75, 3.05) is 0 Å². The molecule has 7 unspecified atom stereocenters. The van der Waals surface area contributed by atoms with Crippen LogP contribution in [0.5, 0.6) is 0 Å². The number of carbonyl (C=O) groups excluding carboxylic acids is 2. The van der Waals surface area contributed by atoms with Crippen LogP contribution in [0.3, 0.4) is 0 Å². The number of benzene rings is 1. The minimum atomic E-state index is -0.422. The second-order valence-electron chi connectivity index (χ2n) is 9.26. The maximum absolute atomic E-state index is 13.1. The van der Waals surface area contributed by atoms with Crippen LogP contribution in [0.2, 0.25) is 4.31 Å². The molecule has 1 aromatic rings. The van der Waals surface area contributed by atoms with E-state index in [0.29, 0.717) is 0 Å². The first-order valence-electron chi connectivity index (χ1n) is 10.4. The van der Waals surface area contributed by atoms with E-state index < -0.39 is 4.31 Å². The van der Waals surface area contributed by atoms with Gasteiger partial charge < -0.3 is 0 Å². The van der Waals surface area contributed by atoms with Crippen molar-refractivity contribution >= 4 is 31.4 Å². The fraction of sp³-hybridized carbons (Fsp3) is 0.652. The molecule has 3 aliphatic rings. The summed E-state index contributed by atoms with van der Waals surface area (Å²) in [6.45, 7) is 8.13. The molecule has 1 aromatic carbocycles. The molecule has 5 heteroatoms. The van der Waals surface area contributed by atoms with Crippen LogP contribution < -0.4 is 4.46 Å². The van der Waals surface area contributed by atoms with E-state index in [9.17, 15) is 9.59 Å². The average Bonchev–Trinajstić information content (AvgIpc) is 2.88. The third kappa shape index (κ3) is 3.21. The van der Waals surface area contributed by atoms with Crippen molar-refractivity contribution in [3.63, 3.8) is 0 Å². The molecule has 0 radical (unpaired) electrons. The Morgan fingerprint density at radius 3 is 2.54 bits per heavy atom. The molecule has 7 atom stereocenters. The van der Waals surface area contributed by atoms with E-state index in [1.165, 1.54) is 11.4 Å². The van der Waals surface area contributed by atoms with Gasteiger partial charge in [0.2, 0.25) is 0 Å². The number of fused-ring (bicyclic) bond motifs is 3. The zero-order chi connectivity index (χ0) is 20.1. The van der Waals surface area contributed by atoms with Crippen molar-refractivity contribution in [2.45, 2.75) is 69.9 Å². The first-order chi connectivity index (χ1) is 13.2. The van der Waals surface area contributed by atoms with E-state index in [-0.39, 0.29) is 62.3 Å². The number of carbonyl (C=O) groups is 2. The molecule has 2 aliphatic carbocycles. The average molecular weight is 449 g/mol. The van der Waals surface area contributed by atoms with E-state index in [1.807, 2.05) is 18.2 Å². The summed E-state index contributed by atoms with van der Waals surface area (Å²) in [6, 6.07) is 10.4. The molecule has 0 spiro atoms. The van der Waals surface area contributed by atoms with E-state index in [0.717, 1.165) is 25.7 Å². The second-order valence-corrected chi connectivity index (χ2v) is 12.5. The van der Waals surface area contributed by atoms with Gasteiger partial charge in [0.15, 0.2) is 0 Å². The quantitative estimate of drug-likeness (QED) is 0.524. The summed E-state index contributed by atoms with van der Waals surface area (Å²) >= 11 is 0.0334. The van der Waals surface area contributed by atoms with Crippen molar-refractivity contribution in [1.82, 2.24) is 0 Å². The van der Waals surface area contributed by atoms with Gasteiger partial charge in [-0.2, -0.15) is 0 Å². The van der Waals surface area contributed by atoms with Gasteiger partial charge in [-0.05, 0) is 0 Å². The Balaban J connectivity index is 1.63. The van der Waals surface area contributed by atoms with Gasteiger partial charge in [0.25, 0.3) is 0 Å². The molecule has 0 amide bonds. The Kier molecular flexibility index (Phi) is 5.12. The molecule has 1 heterocycles. The number of hydrogen-bond acceptors (Lipinski definition) is 4. The van der Waals surface area contributed by atoms with Gasteiger partial charge in [0, 0.05) is 0 Å². The van der Waals surface area contributed by atoms with Gasteiger partial charge in [0.05, 0.1) is 0 Å². The van der Waals surface area contributed by atoms with Crippen LogP contribution in [0.15, 0.2) is 30.3 Å². The molecule has 1 saturated heterocycles. The first-order valence-corrected chi connectivity index (χ1v) is 12.1. The van der Waals surface area contributed by atoms with Crippen LogP contribution in [0, 0.1) is 23.2 Å². The van der Waals surface area contributed by atoms with Gasteiger partial charge >= 0.3 is 174 Å². The summed E-state index contributed by atoms with van der Waals surface area (Å²) in [5.41, 5.74) is 0.155. The Labute approximate surface area is 173 Å². The first kappa shape index (κ1) is 20.0. The van der Waals surface area contributed by atoms with Gasteiger partial charge in [-0.25, -0.2) is 0 Å². The summed E-state index contributed by atoms with van der Waals surface area (Å²) in [7, 11) is 0. The summed E-state index contributed by atoms with van der Waals surface area (Å²) in [4.78, 5) is 24.7. The van der Waals surface area contributed by atoms with Gasteiger partial charge in [-0.1, -0.05) is 0 Å². The molecule has 2 saturated carbocycles. The molecule has 28 heavy (non-hydrogen) atoms. The summed E-state index contributed by atoms with van der Waals surface area (Å²) < 4.78 is 12.6. The molecule has 0 bridgehead atoms. The van der Waals surface area contributed by atoms with Crippen molar-refractivity contribution < 1.29 is 19.1 Å². The number of ether oxygens (including phenoxy) is 2. The van der Waals surface area contributed by atoms with E-state index in [1.54, 1.807) is 0 Å². The maximum atomic E-state index is 13.1. The summed E-state index contributed by atoms with van der Waals surface area (Å²) in [5, 5.41) is 0. The molecule has 152 valence electrons. The second kappa shape index (κ2) is 7.18. The van der Waals surface area contributed by atoms with Crippen molar-refractivity contribution in [2.24, 2.45) is 23.2 Å². The Morgan fingerprint density at radius 2 is 1.86 bits per heavy atom. The van der Waals surface area contributed by atoms with Crippen LogP contribution in [0.25, 0.3) is 0 Å². The number of esters is 2. The third-order valence-electron chi connectivity index (χ3n) is 7.48. The topological polar surface area (TPSA) is 52.6 Å². The molecule has 4 rings (SSSR count). The van der Waals surface area contributed by atoms with Crippen LogP contribution in [0.1, 0.15) is 53.4 Å². The summed E-state index contributed by atoms with van der Waals surface area (Å²) in [6.07, 6.45) is 3.97. The van der Waals surface area contributed by atoms with Crippen LogP contribution in [0.4, 0.5) is 0 Å². The van der Waals surface area contributed by atoms with Crippen molar-refractivity contribution in [3.05, 3.63) is 30.3 Å². The predicted octanol–water partition coefficient (Wildman–Crippen LogP) is 3.51. The van der Waals surface area contributed by atoms with Gasteiger partial charge in [-0.15, -0.1) is 0 Å². The van der Waals surface area contributed by atoms with Crippen LogP contribution in [-0.4, -0.2) is 39.1 Å². The fourth-order valence-corrected chi connectivity index (χ4v) is 8.79. The van der Waals surface area contributed by atoms with Gasteiger partial charge in [-0.3, -0.25) is 0 Å². The molecule has 3 fully saturated rings. The van der Waals surface area contributed by atoms with E-state index in [2.05, 4.69) is 32.9 Å². The fourth-order valence-electron chi connectivity index (χ4n) is 6.02. The van der Waals surface area contributed by atoms with Crippen molar-refractivity contribution in [1.29, 1.82) is 0 Å². The standard InChI is InChI=1S/C23H30O4Se/c1-14-18(26-15(2)24)11-13-22(3)12-10-17-20(19(14)22)27-21(25)23(17,4)28-16-8-6-5-7-9-16/h5-9,14,17-20H,10-13H2,1-4H3.